The van der Waals surface area contributed by atoms with E-state index in [1.54, 1.807) is 0 Å². The monoisotopic (exact) mass is 1390 g/mol. The molecule has 0 spiro atoms. The molecule has 19 rings (SSSR count). The molecule has 0 saturated carbocycles. The summed E-state index contributed by atoms with van der Waals surface area (Å²) in [6.45, 7) is 23.4. The Morgan fingerprint density at radius 1 is 0.215 bits per heavy atom. The number of furan rings is 5. The van der Waals surface area contributed by atoms with E-state index in [0.29, 0.717) is 0 Å². The summed E-state index contributed by atoms with van der Waals surface area (Å²) in [5.41, 5.74) is 26.5. The van der Waals surface area contributed by atoms with Gasteiger partial charge in [0.15, 0.2) is 0 Å². The lowest BCUT2D eigenvalue weighted by molar-refractivity contribution is 0.283. The largest absolute Gasteiger partial charge is 0.456 e. The minimum atomic E-state index is 0.0869. The predicted octanol–water partition coefficient (Wildman–Crippen LogP) is 30.2. The molecule has 0 bridgehead atoms. The highest BCUT2D eigenvalue weighted by molar-refractivity contribution is 6.30. The van der Waals surface area contributed by atoms with Crippen molar-refractivity contribution in [3.63, 3.8) is 0 Å². The van der Waals surface area contributed by atoms with Crippen molar-refractivity contribution < 1.29 is 22.1 Å². The van der Waals surface area contributed by atoms with Gasteiger partial charge in [-0.3, -0.25) is 0 Å². The van der Waals surface area contributed by atoms with Gasteiger partial charge in [-0.15, -0.1) is 0 Å². The molecular formula is C100H82N2O5. The standard InChI is InChI=1S/C100H82N2O5/c1-97(2,3)59-99(7,8)69-35-27-65(28-36-69)61-19-23-63(24-20-61)67-31-39-71(40-32-67)101(73-43-47-79-77-15-11-13-17-84(77)103-89(79)55-73)75-45-49-81-91(57-75)105-86-53-54-87-94(93(81)86)83-51-52-88-95(96(83)107-87)82-50-46-76(58-92(82)106-88)102(74-44-48-80-78-16-12-14-18-85(78)104-90(80)56-74)72-41-33-68(34-42-72)64-25-21-62(22-26-64)66-29-37-70(38-30-66)100(9,10)60-98(4,5)6/h11-58H,59-60H2,1-10H3. The molecule has 0 unspecified atom stereocenters. The molecule has 0 amide bonds. The van der Waals surface area contributed by atoms with E-state index in [-0.39, 0.29) is 21.7 Å². The minimum Gasteiger partial charge on any atom is -0.456 e. The maximum absolute atomic E-state index is 7.03. The number of nitrogens with zero attached hydrogens (tertiary/aromatic N) is 2. The van der Waals surface area contributed by atoms with Crippen molar-refractivity contribution in [1.82, 2.24) is 0 Å². The topological polar surface area (TPSA) is 72.2 Å². The molecule has 522 valence electrons. The summed E-state index contributed by atoms with van der Waals surface area (Å²) in [5.74, 6) is 0. The first-order chi connectivity index (χ1) is 51.7. The molecule has 0 radical (unpaired) electrons. The summed E-state index contributed by atoms with van der Waals surface area (Å²) in [6, 6.07) is 105. The van der Waals surface area contributed by atoms with Gasteiger partial charge in [-0.05, 0) is 199 Å². The highest BCUT2D eigenvalue weighted by Gasteiger charge is 2.30. The number of anilines is 6. The van der Waals surface area contributed by atoms with Crippen molar-refractivity contribution in [2.24, 2.45) is 10.8 Å². The van der Waals surface area contributed by atoms with Gasteiger partial charge in [0.2, 0.25) is 0 Å². The highest BCUT2D eigenvalue weighted by Crippen LogP contribution is 2.49. The second-order valence-corrected chi connectivity index (χ2v) is 33.2. The van der Waals surface area contributed by atoms with Crippen LogP contribution in [0.2, 0.25) is 0 Å². The van der Waals surface area contributed by atoms with Crippen LogP contribution in [-0.2, 0) is 10.8 Å². The maximum Gasteiger partial charge on any atom is 0.147 e. The second kappa shape index (κ2) is 24.6. The van der Waals surface area contributed by atoms with Crippen molar-refractivity contribution in [1.29, 1.82) is 0 Å². The zero-order valence-corrected chi connectivity index (χ0v) is 62.1. The van der Waals surface area contributed by atoms with E-state index in [1.165, 1.54) is 33.4 Å². The van der Waals surface area contributed by atoms with Gasteiger partial charge in [-0.1, -0.05) is 227 Å². The second-order valence-electron chi connectivity index (χ2n) is 33.2. The zero-order valence-electron chi connectivity index (χ0n) is 62.1. The van der Waals surface area contributed by atoms with Crippen molar-refractivity contribution in [2.45, 2.75) is 92.9 Å². The minimum absolute atomic E-state index is 0.0869. The Morgan fingerprint density at radius 3 is 0.860 bits per heavy atom. The first-order valence-corrected chi connectivity index (χ1v) is 37.4. The Kier molecular flexibility index (Phi) is 15.1. The van der Waals surface area contributed by atoms with Crippen molar-refractivity contribution in [3.8, 4) is 44.5 Å². The van der Waals surface area contributed by atoms with E-state index in [4.69, 9.17) is 22.1 Å². The Balaban J connectivity index is 0.654. The molecule has 0 aliphatic heterocycles. The average Bonchev–Trinajstić information content (AvgIpc) is 1.56. The predicted molar refractivity (Wildman–Crippen MR) is 448 cm³/mol. The van der Waals surface area contributed by atoms with E-state index >= 15 is 0 Å². The van der Waals surface area contributed by atoms with Gasteiger partial charge in [0, 0.05) is 107 Å². The molecule has 0 saturated heterocycles. The van der Waals surface area contributed by atoms with Crippen LogP contribution in [0, 0.1) is 10.8 Å². The number of benzene rings is 14. The first kappa shape index (κ1) is 65.4. The Morgan fingerprint density at radius 2 is 0.477 bits per heavy atom. The molecule has 5 heterocycles. The summed E-state index contributed by atoms with van der Waals surface area (Å²) in [6.07, 6.45) is 2.22. The summed E-state index contributed by atoms with van der Waals surface area (Å²) in [7, 11) is 0. The fourth-order valence-corrected chi connectivity index (χ4v) is 17.7. The number of hydrogen-bond donors (Lipinski definition) is 0. The number of fused-ring (bicyclic) bond motifs is 17. The molecule has 0 aliphatic rings. The maximum atomic E-state index is 7.03. The van der Waals surface area contributed by atoms with Crippen LogP contribution in [0.5, 0.6) is 0 Å². The molecule has 0 N–H and O–H groups in total. The lowest BCUT2D eigenvalue weighted by atomic mass is 9.72. The SMILES string of the molecule is CC(C)(C)CC(C)(C)c1ccc(-c2ccc(-c3ccc(N(c4ccc5c(c4)oc4ccccc45)c4ccc5c(c4)oc4ccc6c(oc7ccc8oc9cc(N(c%10ccc(-c%11ccc(-c%12ccc(C(C)(C)CC(C)(C)C)cc%12)cc%11)cc%10)c%10ccc%11c(c%10)oc%10ccccc%10%11)ccc9c8c76)c45)cc3)cc2)cc1. The van der Waals surface area contributed by atoms with Gasteiger partial charge < -0.3 is 31.9 Å². The summed E-state index contributed by atoms with van der Waals surface area (Å²) >= 11 is 0. The van der Waals surface area contributed by atoms with E-state index in [1.807, 2.05) is 36.4 Å². The summed E-state index contributed by atoms with van der Waals surface area (Å²) in [4.78, 5) is 4.57. The summed E-state index contributed by atoms with van der Waals surface area (Å²) in [5, 5.41) is 10.2. The van der Waals surface area contributed by atoms with Crippen LogP contribution < -0.4 is 9.80 Å². The van der Waals surface area contributed by atoms with Crippen molar-refractivity contribution in [2.75, 3.05) is 9.80 Å². The third kappa shape index (κ3) is 11.7. The van der Waals surface area contributed by atoms with Crippen LogP contribution in [0.25, 0.3) is 154 Å². The molecular weight excluding hydrogens is 1310 g/mol. The molecule has 14 aromatic carbocycles. The molecule has 0 aliphatic carbocycles. The quantitative estimate of drug-likeness (QED) is 0.107. The number of hydrogen-bond acceptors (Lipinski definition) is 7. The Hall–Kier alpha value is -12.3. The van der Waals surface area contributed by atoms with Gasteiger partial charge in [-0.25, -0.2) is 0 Å². The molecule has 19 aromatic rings. The third-order valence-corrected chi connectivity index (χ3v) is 22.0. The molecule has 7 heteroatoms. The molecule has 7 nitrogen and oxygen atoms in total. The third-order valence-electron chi connectivity index (χ3n) is 22.0. The van der Waals surface area contributed by atoms with Crippen molar-refractivity contribution in [3.05, 3.63) is 302 Å². The van der Waals surface area contributed by atoms with Gasteiger partial charge in [0.1, 0.15) is 55.8 Å². The van der Waals surface area contributed by atoms with E-state index in [9.17, 15) is 0 Å². The van der Waals surface area contributed by atoms with E-state index < -0.39 is 0 Å². The lowest BCUT2D eigenvalue weighted by Crippen LogP contribution is -2.24. The fraction of sp³-hybridized carbons (Fsp3) is 0.160. The smallest absolute Gasteiger partial charge is 0.147 e. The van der Waals surface area contributed by atoms with Crippen LogP contribution in [-0.4, -0.2) is 0 Å². The van der Waals surface area contributed by atoms with Crippen LogP contribution in [0.3, 0.4) is 0 Å². The van der Waals surface area contributed by atoms with Gasteiger partial charge in [-0.2, -0.15) is 0 Å². The Labute approximate surface area is 622 Å². The molecule has 107 heavy (non-hydrogen) atoms. The Bertz CT molecular complexity index is 6660. The molecule has 0 atom stereocenters. The zero-order chi connectivity index (χ0) is 72.8. The lowest BCUT2D eigenvalue weighted by Gasteiger charge is -2.33. The number of para-hydroxylation sites is 2. The fourth-order valence-electron chi connectivity index (χ4n) is 17.7. The highest BCUT2D eigenvalue weighted by atomic mass is 16.4. The van der Waals surface area contributed by atoms with Crippen LogP contribution in [0.4, 0.5) is 34.1 Å². The summed E-state index contributed by atoms with van der Waals surface area (Å²) < 4.78 is 34.0. The van der Waals surface area contributed by atoms with Crippen LogP contribution in [0.1, 0.15) is 93.2 Å². The van der Waals surface area contributed by atoms with E-state index in [0.717, 1.165) is 179 Å². The number of rotatable bonds is 14. The van der Waals surface area contributed by atoms with Crippen LogP contribution >= 0.6 is 0 Å². The van der Waals surface area contributed by atoms with Gasteiger partial charge in [0.05, 0.1) is 5.39 Å². The normalized spacial score (nSPS) is 12.7. The average molecular weight is 1390 g/mol. The van der Waals surface area contributed by atoms with Crippen LogP contribution in [0.15, 0.2) is 313 Å². The van der Waals surface area contributed by atoms with Crippen molar-refractivity contribution >= 4 is 144 Å². The van der Waals surface area contributed by atoms with E-state index in [2.05, 4.69) is 334 Å². The van der Waals surface area contributed by atoms with Gasteiger partial charge in [0.25, 0.3) is 0 Å². The first-order valence-electron chi connectivity index (χ1n) is 37.4. The van der Waals surface area contributed by atoms with Gasteiger partial charge >= 0.3 is 0 Å². The molecule has 5 aromatic heterocycles. The molecule has 0 fully saturated rings.